The lowest BCUT2D eigenvalue weighted by atomic mass is 9.98. The maximum atomic E-state index is 2.37. The molecule has 2 nitrogen and oxygen atoms in total. The fraction of sp³-hybridized carbons (Fsp3) is 0.625. The van der Waals surface area contributed by atoms with Crippen molar-refractivity contribution in [2.45, 2.75) is 25.7 Å². The Bertz CT molecular complexity index is 336. The molecule has 1 fully saturated rings. The van der Waals surface area contributed by atoms with E-state index in [0.717, 1.165) is 0 Å². The van der Waals surface area contributed by atoms with Gasteiger partial charge in [0.25, 0.3) is 0 Å². The molecule has 0 aliphatic carbocycles. The molecule has 0 amide bonds. The first-order valence-corrected chi connectivity index (χ1v) is 7.45. The summed E-state index contributed by atoms with van der Waals surface area (Å²) in [7, 11) is 2.33. The van der Waals surface area contributed by atoms with Gasteiger partial charge in [-0.3, -0.25) is 0 Å². The fourth-order valence-electron chi connectivity index (χ4n) is 2.90. The van der Waals surface area contributed by atoms with Crippen molar-refractivity contribution in [3.8, 4) is 0 Å². The molecule has 2 heteroatoms. The second-order valence-corrected chi connectivity index (χ2v) is 5.91. The molecular formula is C16H28N2+2. The van der Waals surface area contributed by atoms with Gasteiger partial charge in [-0.25, -0.2) is 0 Å². The smallest absolute Gasteiger partial charge is 0.127 e. The molecule has 2 unspecified atom stereocenters. The lowest BCUT2D eigenvalue weighted by Crippen LogP contribution is -3.16. The molecule has 0 saturated carbocycles. The maximum Gasteiger partial charge on any atom is 0.127 e. The summed E-state index contributed by atoms with van der Waals surface area (Å²) in [6.07, 6.45) is 2.71. The van der Waals surface area contributed by atoms with E-state index in [2.05, 4.69) is 44.3 Å². The molecule has 1 aromatic rings. The summed E-state index contributed by atoms with van der Waals surface area (Å²) in [5.41, 5.74) is 1.49. The predicted molar refractivity (Wildman–Crippen MR) is 76.3 cm³/mol. The topological polar surface area (TPSA) is 8.88 Å². The lowest BCUT2D eigenvalue weighted by Gasteiger charge is -2.19. The molecule has 1 aliphatic rings. The summed E-state index contributed by atoms with van der Waals surface area (Å²) in [6.45, 7) is 9.13. The first-order valence-electron chi connectivity index (χ1n) is 7.45. The van der Waals surface area contributed by atoms with E-state index in [9.17, 15) is 0 Å². The van der Waals surface area contributed by atoms with Crippen molar-refractivity contribution in [1.82, 2.24) is 0 Å². The number of likely N-dealkylation sites (N-methyl/N-ethyl adjacent to an activating group) is 1. The zero-order valence-electron chi connectivity index (χ0n) is 11.9. The van der Waals surface area contributed by atoms with Gasteiger partial charge < -0.3 is 9.80 Å². The Morgan fingerprint density at radius 3 is 2.61 bits per heavy atom. The molecule has 0 aromatic heterocycles. The SMILES string of the molecule is C[C@H](CC[NH+]1CCC[NH+](C)CC1)c1ccccc1. The van der Waals surface area contributed by atoms with Crippen LogP contribution >= 0.6 is 0 Å². The van der Waals surface area contributed by atoms with Crippen LogP contribution in [0.1, 0.15) is 31.2 Å². The number of benzene rings is 1. The van der Waals surface area contributed by atoms with Crippen LogP contribution in [-0.4, -0.2) is 39.8 Å². The molecular weight excluding hydrogens is 220 g/mol. The molecule has 18 heavy (non-hydrogen) atoms. The average molecular weight is 248 g/mol. The molecule has 1 saturated heterocycles. The zero-order chi connectivity index (χ0) is 12.8. The molecule has 100 valence electrons. The highest BCUT2D eigenvalue weighted by Gasteiger charge is 2.18. The van der Waals surface area contributed by atoms with Gasteiger partial charge in [-0.15, -0.1) is 0 Å². The Morgan fingerprint density at radius 2 is 1.83 bits per heavy atom. The third-order valence-electron chi connectivity index (χ3n) is 4.34. The molecule has 1 aliphatic heterocycles. The van der Waals surface area contributed by atoms with Crippen LogP contribution < -0.4 is 9.80 Å². The summed E-state index contributed by atoms with van der Waals surface area (Å²) >= 11 is 0. The van der Waals surface area contributed by atoms with Crippen molar-refractivity contribution >= 4 is 0 Å². The van der Waals surface area contributed by atoms with Crippen molar-refractivity contribution in [3.05, 3.63) is 35.9 Å². The van der Waals surface area contributed by atoms with Crippen LogP contribution in [0.3, 0.4) is 0 Å². The Morgan fingerprint density at radius 1 is 1.06 bits per heavy atom. The summed E-state index contributed by atoms with van der Waals surface area (Å²) in [4.78, 5) is 3.52. The molecule has 1 heterocycles. The standard InChI is InChI=1S/C16H26N2/c1-15(16-7-4-3-5-8-16)9-12-18-11-6-10-17(2)13-14-18/h3-5,7-8,15H,6,9-14H2,1-2H3/p+2/t15-/m1/s1. The van der Waals surface area contributed by atoms with Crippen LogP contribution in [0.4, 0.5) is 0 Å². The van der Waals surface area contributed by atoms with E-state index in [1.807, 2.05) is 4.90 Å². The summed E-state index contributed by atoms with van der Waals surface area (Å²) in [6, 6.07) is 10.9. The van der Waals surface area contributed by atoms with Gasteiger partial charge >= 0.3 is 0 Å². The molecule has 3 atom stereocenters. The average Bonchev–Trinajstić information content (AvgIpc) is 2.62. The van der Waals surface area contributed by atoms with E-state index in [4.69, 9.17) is 0 Å². The highest BCUT2D eigenvalue weighted by atomic mass is 15.2. The number of quaternary nitrogens is 2. The van der Waals surface area contributed by atoms with Crippen molar-refractivity contribution in [1.29, 1.82) is 0 Å². The van der Waals surface area contributed by atoms with Crippen LogP contribution in [0.2, 0.25) is 0 Å². The highest BCUT2D eigenvalue weighted by Crippen LogP contribution is 2.16. The number of hydrogen-bond acceptors (Lipinski definition) is 0. The van der Waals surface area contributed by atoms with Crippen LogP contribution in [0.25, 0.3) is 0 Å². The second kappa shape index (κ2) is 6.91. The van der Waals surface area contributed by atoms with Crippen molar-refractivity contribution in [2.75, 3.05) is 39.8 Å². The van der Waals surface area contributed by atoms with Crippen LogP contribution in [0, 0.1) is 0 Å². The van der Waals surface area contributed by atoms with E-state index in [0.29, 0.717) is 5.92 Å². The quantitative estimate of drug-likeness (QED) is 0.741. The van der Waals surface area contributed by atoms with E-state index in [1.165, 1.54) is 51.1 Å². The first-order chi connectivity index (χ1) is 8.75. The summed E-state index contributed by atoms with van der Waals surface area (Å²) < 4.78 is 0. The molecule has 0 spiro atoms. The molecule has 0 bridgehead atoms. The Hall–Kier alpha value is -0.860. The van der Waals surface area contributed by atoms with Gasteiger partial charge in [0.15, 0.2) is 0 Å². The molecule has 2 N–H and O–H groups in total. The normalized spacial score (nSPS) is 26.6. The van der Waals surface area contributed by atoms with Crippen molar-refractivity contribution in [2.24, 2.45) is 0 Å². The van der Waals surface area contributed by atoms with Gasteiger partial charge in [-0.05, 0) is 11.5 Å². The van der Waals surface area contributed by atoms with Gasteiger partial charge in [0, 0.05) is 12.8 Å². The van der Waals surface area contributed by atoms with E-state index in [1.54, 1.807) is 4.90 Å². The van der Waals surface area contributed by atoms with E-state index < -0.39 is 0 Å². The Labute approximate surface area is 112 Å². The third-order valence-corrected chi connectivity index (χ3v) is 4.34. The third kappa shape index (κ3) is 4.11. The van der Waals surface area contributed by atoms with Gasteiger partial charge in [0.2, 0.25) is 0 Å². The minimum absolute atomic E-state index is 0.701. The van der Waals surface area contributed by atoms with Gasteiger partial charge in [0.1, 0.15) is 13.1 Å². The van der Waals surface area contributed by atoms with Gasteiger partial charge in [-0.2, -0.15) is 0 Å². The molecule has 0 radical (unpaired) electrons. The van der Waals surface area contributed by atoms with Crippen LogP contribution in [0.15, 0.2) is 30.3 Å². The van der Waals surface area contributed by atoms with Gasteiger partial charge in [0.05, 0.1) is 26.7 Å². The van der Waals surface area contributed by atoms with E-state index in [-0.39, 0.29) is 0 Å². The van der Waals surface area contributed by atoms with Crippen LogP contribution in [-0.2, 0) is 0 Å². The maximum absolute atomic E-state index is 2.37. The minimum atomic E-state index is 0.701. The second-order valence-electron chi connectivity index (χ2n) is 5.91. The van der Waals surface area contributed by atoms with Crippen molar-refractivity contribution in [3.63, 3.8) is 0 Å². The number of nitrogens with one attached hydrogen (secondary N) is 2. The minimum Gasteiger partial charge on any atom is -0.333 e. The molecule has 2 rings (SSSR count). The number of rotatable bonds is 4. The summed E-state index contributed by atoms with van der Waals surface area (Å²) in [5.74, 6) is 0.701. The first kappa shape index (κ1) is 13.6. The summed E-state index contributed by atoms with van der Waals surface area (Å²) in [5, 5.41) is 0. The highest BCUT2D eigenvalue weighted by molar-refractivity contribution is 5.18. The van der Waals surface area contributed by atoms with Gasteiger partial charge in [-0.1, -0.05) is 37.3 Å². The largest absolute Gasteiger partial charge is 0.333 e. The lowest BCUT2D eigenvalue weighted by molar-refractivity contribution is -0.930. The van der Waals surface area contributed by atoms with E-state index >= 15 is 0 Å². The van der Waals surface area contributed by atoms with Crippen molar-refractivity contribution < 1.29 is 9.80 Å². The molecule has 1 aromatic carbocycles. The fourth-order valence-corrected chi connectivity index (χ4v) is 2.90. The Kier molecular flexibility index (Phi) is 5.21. The zero-order valence-corrected chi connectivity index (χ0v) is 11.9. The Balaban J connectivity index is 1.77. The predicted octanol–water partition coefficient (Wildman–Crippen LogP) is -0.0165. The monoisotopic (exact) mass is 248 g/mol. The number of hydrogen-bond donors (Lipinski definition) is 2. The van der Waals surface area contributed by atoms with Crippen LogP contribution in [0.5, 0.6) is 0 Å².